The number of anilines is 1. The predicted molar refractivity (Wildman–Crippen MR) is 58.8 cm³/mol. The van der Waals surface area contributed by atoms with Crippen molar-refractivity contribution in [2.45, 2.75) is 19.8 Å². The van der Waals surface area contributed by atoms with Crippen LogP contribution in [-0.4, -0.2) is 10.9 Å². The van der Waals surface area contributed by atoms with Crippen LogP contribution in [-0.2, 0) is 11.2 Å². The second kappa shape index (κ2) is 5.50. The van der Waals surface area contributed by atoms with Crippen molar-refractivity contribution in [1.82, 2.24) is 0 Å². The summed E-state index contributed by atoms with van der Waals surface area (Å²) in [6.07, 6.45) is 0.918. The third-order valence-corrected chi connectivity index (χ3v) is 1.89. The maximum atomic E-state index is 11.1. The van der Waals surface area contributed by atoms with E-state index in [0.717, 1.165) is 5.56 Å². The number of halogens is 1. The highest BCUT2D eigenvalue weighted by atomic mass is 35.5. The lowest BCUT2D eigenvalue weighted by atomic mass is 10.1. The number of hydrogen-bond donors (Lipinski definition) is 2. The average molecular weight is 216 g/mol. The lowest BCUT2D eigenvalue weighted by Gasteiger charge is -2.02. The molecule has 0 aliphatic carbocycles. The molecule has 0 atom stereocenters. The molecule has 1 aromatic carbocycles. The Kier molecular flexibility index (Phi) is 5.02. The molecule has 14 heavy (non-hydrogen) atoms. The van der Waals surface area contributed by atoms with Gasteiger partial charge in [0.1, 0.15) is 11.5 Å². The van der Waals surface area contributed by atoms with Gasteiger partial charge in [0.2, 0.25) is 0 Å². The molecule has 3 nitrogen and oxygen atoms in total. The number of benzene rings is 1. The smallest absolute Gasteiger partial charge is 0.138 e. The first-order valence-corrected chi connectivity index (χ1v) is 4.22. The standard InChI is InChI=1S/C10H13NO2.ClH/c1-2-8(12)5-7-3-4-10(13)9(11)6-7;/h3-4,6,13H,2,5,11H2,1H3;1H. The molecule has 3 N–H and O–H groups in total. The quantitative estimate of drug-likeness (QED) is 0.598. The third-order valence-electron chi connectivity index (χ3n) is 1.89. The number of rotatable bonds is 3. The highest BCUT2D eigenvalue weighted by Gasteiger charge is 2.03. The molecule has 0 radical (unpaired) electrons. The van der Waals surface area contributed by atoms with E-state index in [1.165, 1.54) is 6.07 Å². The molecule has 0 unspecified atom stereocenters. The normalized spacial score (nSPS) is 9.21. The number of aromatic hydroxyl groups is 1. The molecule has 0 spiro atoms. The summed E-state index contributed by atoms with van der Waals surface area (Å²) < 4.78 is 0. The molecule has 78 valence electrons. The summed E-state index contributed by atoms with van der Waals surface area (Å²) in [4.78, 5) is 11.1. The van der Waals surface area contributed by atoms with E-state index < -0.39 is 0 Å². The van der Waals surface area contributed by atoms with Gasteiger partial charge in [0, 0.05) is 12.8 Å². The molecule has 0 aliphatic rings. The van der Waals surface area contributed by atoms with Gasteiger partial charge in [0.05, 0.1) is 5.69 Å². The van der Waals surface area contributed by atoms with E-state index in [2.05, 4.69) is 0 Å². The van der Waals surface area contributed by atoms with Crippen molar-refractivity contribution < 1.29 is 9.90 Å². The number of nitrogen functional groups attached to an aromatic ring is 1. The van der Waals surface area contributed by atoms with Crippen LogP contribution in [0.5, 0.6) is 5.75 Å². The minimum Gasteiger partial charge on any atom is -0.506 e. The summed E-state index contributed by atoms with van der Waals surface area (Å²) in [7, 11) is 0. The number of phenols is 1. The van der Waals surface area contributed by atoms with E-state index >= 15 is 0 Å². The van der Waals surface area contributed by atoms with Crippen LogP contribution in [0.1, 0.15) is 18.9 Å². The summed E-state index contributed by atoms with van der Waals surface area (Å²) >= 11 is 0. The lowest BCUT2D eigenvalue weighted by Crippen LogP contribution is -2.00. The maximum absolute atomic E-state index is 11.1. The van der Waals surface area contributed by atoms with Crippen molar-refractivity contribution >= 4 is 23.9 Å². The molecule has 0 amide bonds. The number of ketones is 1. The average Bonchev–Trinajstić information content (AvgIpc) is 2.11. The second-order valence-corrected chi connectivity index (χ2v) is 2.96. The van der Waals surface area contributed by atoms with E-state index in [4.69, 9.17) is 10.8 Å². The predicted octanol–water partition coefficient (Wildman–Crippen LogP) is 1.92. The van der Waals surface area contributed by atoms with E-state index in [1.807, 2.05) is 6.92 Å². The summed E-state index contributed by atoms with van der Waals surface area (Å²) in [6.45, 7) is 1.83. The summed E-state index contributed by atoms with van der Waals surface area (Å²) in [5, 5.41) is 9.13. The Morgan fingerprint density at radius 3 is 2.64 bits per heavy atom. The topological polar surface area (TPSA) is 63.3 Å². The SMILES string of the molecule is CCC(=O)Cc1ccc(O)c(N)c1.Cl. The van der Waals surface area contributed by atoms with Crippen molar-refractivity contribution in [3.63, 3.8) is 0 Å². The van der Waals surface area contributed by atoms with E-state index in [1.54, 1.807) is 12.1 Å². The Balaban J connectivity index is 0.00000169. The maximum Gasteiger partial charge on any atom is 0.138 e. The summed E-state index contributed by atoms with van der Waals surface area (Å²) in [6, 6.07) is 4.84. The van der Waals surface area contributed by atoms with Gasteiger partial charge in [-0.1, -0.05) is 13.0 Å². The van der Waals surface area contributed by atoms with Gasteiger partial charge in [0.25, 0.3) is 0 Å². The van der Waals surface area contributed by atoms with Crippen LogP contribution in [0.25, 0.3) is 0 Å². The zero-order valence-electron chi connectivity index (χ0n) is 7.99. The Morgan fingerprint density at radius 2 is 2.14 bits per heavy atom. The minimum atomic E-state index is 0. The van der Waals surface area contributed by atoms with Crippen molar-refractivity contribution in [3.8, 4) is 5.75 Å². The number of hydrogen-bond acceptors (Lipinski definition) is 3. The van der Waals surface area contributed by atoms with Crippen molar-refractivity contribution in [1.29, 1.82) is 0 Å². The zero-order valence-corrected chi connectivity index (χ0v) is 8.80. The Bertz CT molecular complexity index is 326. The molecule has 0 saturated heterocycles. The molecular formula is C10H14ClNO2. The van der Waals surface area contributed by atoms with E-state index in [-0.39, 0.29) is 23.9 Å². The molecule has 4 heteroatoms. The molecule has 0 heterocycles. The molecule has 0 bridgehead atoms. The van der Waals surface area contributed by atoms with Crippen LogP contribution in [0.4, 0.5) is 5.69 Å². The van der Waals surface area contributed by atoms with Crippen LogP contribution in [0.15, 0.2) is 18.2 Å². The first kappa shape index (κ1) is 12.8. The molecule has 0 saturated carbocycles. The Hall–Kier alpha value is -1.22. The zero-order chi connectivity index (χ0) is 9.84. The number of nitrogens with two attached hydrogens (primary N) is 1. The Morgan fingerprint density at radius 1 is 1.50 bits per heavy atom. The molecule has 1 aromatic rings. The second-order valence-electron chi connectivity index (χ2n) is 2.96. The summed E-state index contributed by atoms with van der Waals surface area (Å²) in [5.74, 6) is 0.234. The fraction of sp³-hybridized carbons (Fsp3) is 0.300. The van der Waals surface area contributed by atoms with Crippen molar-refractivity contribution in [2.24, 2.45) is 0 Å². The fourth-order valence-corrected chi connectivity index (χ4v) is 1.07. The van der Waals surface area contributed by atoms with Crippen molar-refractivity contribution in [2.75, 3.05) is 5.73 Å². The summed E-state index contributed by atoms with van der Waals surface area (Å²) in [5.41, 5.74) is 6.65. The van der Waals surface area contributed by atoms with Crippen LogP contribution < -0.4 is 5.73 Å². The largest absolute Gasteiger partial charge is 0.506 e. The highest BCUT2D eigenvalue weighted by molar-refractivity contribution is 5.85. The van der Waals surface area contributed by atoms with Crippen LogP contribution in [0, 0.1) is 0 Å². The van der Waals surface area contributed by atoms with E-state index in [0.29, 0.717) is 18.5 Å². The molecule has 0 fully saturated rings. The van der Waals surface area contributed by atoms with Gasteiger partial charge in [0.15, 0.2) is 0 Å². The van der Waals surface area contributed by atoms with Gasteiger partial charge in [-0.05, 0) is 17.7 Å². The number of carbonyl (C=O) groups is 1. The van der Waals surface area contributed by atoms with Gasteiger partial charge < -0.3 is 10.8 Å². The van der Waals surface area contributed by atoms with Gasteiger partial charge >= 0.3 is 0 Å². The van der Waals surface area contributed by atoms with Gasteiger partial charge in [-0.15, -0.1) is 12.4 Å². The monoisotopic (exact) mass is 215 g/mol. The lowest BCUT2D eigenvalue weighted by molar-refractivity contribution is -0.118. The molecule has 0 aromatic heterocycles. The fourth-order valence-electron chi connectivity index (χ4n) is 1.07. The van der Waals surface area contributed by atoms with Crippen LogP contribution in [0.3, 0.4) is 0 Å². The Labute approximate surface area is 89.3 Å². The first-order valence-electron chi connectivity index (χ1n) is 4.22. The van der Waals surface area contributed by atoms with Crippen molar-refractivity contribution in [3.05, 3.63) is 23.8 Å². The minimum absolute atomic E-state index is 0. The van der Waals surface area contributed by atoms with Gasteiger partial charge in [-0.2, -0.15) is 0 Å². The third kappa shape index (κ3) is 3.26. The number of phenolic OH excluding ortho intramolecular Hbond substituents is 1. The van der Waals surface area contributed by atoms with Gasteiger partial charge in [-0.3, -0.25) is 4.79 Å². The van der Waals surface area contributed by atoms with E-state index in [9.17, 15) is 4.79 Å². The number of Topliss-reactive ketones (excluding diaryl/α,β-unsaturated/α-hetero) is 1. The molecule has 1 rings (SSSR count). The van der Waals surface area contributed by atoms with Crippen LogP contribution in [0.2, 0.25) is 0 Å². The van der Waals surface area contributed by atoms with Gasteiger partial charge in [-0.25, -0.2) is 0 Å². The molecular weight excluding hydrogens is 202 g/mol. The number of carbonyl (C=O) groups excluding carboxylic acids is 1. The first-order chi connectivity index (χ1) is 6.13. The highest BCUT2D eigenvalue weighted by Crippen LogP contribution is 2.20. The molecule has 0 aliphatic heterocycles. The van der Waals surface area contributed by atoms with Crippen LogP contribution >= 0.6 is 12.4 Å².